The third kappa shape index (κ3) is 2.58. The van der Waals surface area contributed by atoms with Gasteiger partial charge < -0.3 is 5.11 Å². The molecule has 110 valence electrons. The van der Waals surface area contributed by atoms with Crippen LogP contribution >= 0.6 is 0 Å². The molecule has 0 aromatic carbocycles. The molecular formula is C13H21N4O3+. The number of nitrogens with zero attached hydrogens (tertiary/aromatic N) is 4. The van der Waals surface area contributed by atoms with Crippen LogP contribution in [0.25, 0.3) is 0 Å². The molecule has 0 bridgehead atoms. The molecular weight excluding hydrogens is 260 g/mol. The zero-order valence-corrected chi connectivity index (χ0v) is 12.1. The van der Waals surface area contributed by atoms with Gasteiger partial charge in [-0.05, 0) is 31.2 Å². The fourth-order valence-corrected chi connectivity index (χ4v) is 2.46. The first-order valence-electron chi connectivity index (χ1n) is 6.83. The zero-order valence-electron chi connectivity index (χ0n) is 12.1. The summed E-state index contributed by atoms with van der Waals surface area (Å²) in [7, 11) is 3.41. The molecule has 2 unspecified atom stereocenters. The SMILES string of the molecule is CC(O)CCCCN1C(=O)C2C(=NC=[N+]2C)N(C)C1=O. The average molecular weight is 281 g/mol. The molecule has 1 saturated heterocycles. The first-order chi connectivity index (χ1) is 9.43. The minimum atomic E-state index is -0.491. The average Bonchev–Trinajstić information content (AvgIpc) is 2.77. The molecule has 7 heteroatoms. The molecule has 2 heterocycles. The number of likely N-dealkylation sites (N-methyl/N-ethyl adjacent to an activating group) is 2. The van der Waals surface area contributed by atoms with Crippen LogP contribution in [-0.2, 0) is 4.79 Å². The van der Waals surface area contributed by atoms with Gasteiger partial charge in [0.2, 0.25) is 0 Å². The number of aliphatic hydroxyl groups excluding tert-OH is 1. The Hall–Kier alpha value is -1.76. The van der Waals surface area contributed by atoms with Crippen molar-refractivity contribution in [2.45, 2.75) is 38.3 Å². The number of fused-ring (bicyclic) bond motifs is 1. The van der Waals surface area contributed by atoms with E-state index >= 15 is 0 Å². The Balaban J connectivity index is 2.02. The van der Waals surface area contributed by atoms with Crippen LogP contribution in [0.15, 0.2) is 4.99 Å². The van der Waals surface area contributed by atoms with E-state index in [4.69, 9.17) is 0 Å². The molecule has 0 aromatic rings. The van der Waals surface area contributed by atoms with Crippen LogP contribution in [0.1, 0.15) is 26.2 Å². The second-order valence-electron chi connectivity index (χ2n) is 5.35. The Bertz CT molecular complexity index is 484. The molecule has 1 fully saturated rings. The highest BCUT2D eigenvalue weighted by atomic mass is 16.3. The molecule has 2 aliphatic rings. The first-order valence-corrected chi connectivity index (χ1v) is 6.83. The van der Waals surface area contributed by atoms with Crippen molar-refractivity contribution >= 4 is 24.1 Å². The van der Waals surface area contributed by atoms with Gasteiger partial charge in [0.05, 0.1) is 13.2 Å². The minimum Gasteiger partial charge on any atom is -0.393 e. The van der Waals surface area contributed by atoms with E-state index in [1.165, 1.54) is 9.80 Å². The predicted octanol–water partition coefficient (Wildman–Crippen LogP) is -0.117. The lowest BCUT2D eigenvalue weighted by atomic mass is 10.1. The predicted molar refractivity (Wildman–Crippen MR) is 73.9 cm³/mol. The molecule has 0 spiro atoms. The number of aliphatic hydroxyl groups is 1. The Morgan fingerprint density at radius 3 is 2.80 bits per heavy atom. The van der Waals surface area contributed by atoms with E-state index in [9.17, 15) is 14.7 Å². The van der Waals surface area contributed by atoms with Crippen LogP contribution in [0.5, 0.6) is 0 Å². The van der Waals surface area contributed by atoms with Gasteiger partial charge in [-0.3, -0.25) is 14.6 Å². The van der Waals surface area contributed by atoms with Crippen molar-refractivity contribution in [1.82, 2.24) is 9.80 Å². The molecule has 20 heavy (non-hydrogen) atoms. The van der Waals surface area contributed by atoms with E-state index in [2.05, 4.69) is 4.99 Å². The van der Waals surface area contributed by atoms with Gasteiger partial charge in [-0.1, -0.05) is 0 Å². The van der Waals surface area contributed by atoms with Gasteiger partial charge in [0.15, 0.2) is 0 Å². The largest absolute Gasteiger partial charge is 0.393 e. The lowest BCUT2D eigenvalue weighted by Crippen LogP contribution is -2.62. The lowest BCUT2D eigenvalue weighted by molar-refractivity contribution is -0.500. The highest BCUT2D eigenvalue weighted by Crippen LogP contribution is 2.18. The maximum atomic E-state index is 12.4. The van der Waals surface area contributed by atoms with E-state index in [0.29, 0.717) is 25.2 Å². The molecule has 0 saturated carbocycles. The van der Waals surface area contributed by atoms with Crippen LogP contribution in [0.3, 0.4) is 0 Å². The molecule has 0 aliphatic carbocycles. The fraction of sp³-hybridized carbons (Fsp3) is 0.692. The van der Waals surface area contributed by atoms with Crippen LogP contribution in [-0.4, -0.2) is 76.4 Å². The number of hydrogen-bond acceptors (Lipinski definition) is 4. The Morgan fingerprint density at radius 2 is 2.15 bits per heavy atom. The maximum Gasteiger partial charge on any atom is 0.333 e. The summed E-state index contributed by atoms with van der Waals surface area (Å²) in [6.07, 6.45) is 3.38. The summed E-state index contributed by atoms with van der Waals surface area (Å²) < 4.78 is 1.71. The van der Waals surface area contributed by atoms with Crippen molar-refractivity contribution in [1.29, 1.82) is 0 Å². The maximum absolute atomic E-state index is 12.4. The Morgan fingerprint density at radius 1 is 1.45 bits per heavy atom. The lowest BCUT2D eigenvalue weighted by Gasteiger charge is -2.32. The molecule has 3 amide bonds. The molecule has 1 N–H and O–H groups in total. The van der Waals surface area contributed by atoms with Gasteiger partial charge >= 0.3 is 6.03 Å². The quantitative estimate of drug-likeness (QED) is 0.564. The van der Waals surface area contributed by atoms with Crippen molar-refractivity contribution < 1.29 is 19.3 Å². The second kappa shape index (κ2) is 5.70. The molecule has 2 aliphatic heterocycles. The Labute approximate surface area is 118 Å². The third-order valence-electron chi connectivity index (χ3n) is 3.64. The van der Waals surface area contributed by atoms with Crippen LogP contribution in [0.4, 0.5) is 4.79 Å². The van der Waals surface area contributed by atoms with E-state index in [-0.39, 0.29) is 18.0 Å². The fourth-order valence-electron chi connectivity index (χ4n) is 2.46. The van der Waals surface area contributed by atoms with E-state index in [1.807, 2.05) is 0 Å². The van der Waals surface area contributed by atoms with E-state index in [0.717, 1.165) is 6.42 Å². The minimum absolute atomic E-state index is 0.222. The standard InChI is InChI=1S/C13H21N4O3/c1-9(18)6-4-5-7-17-12(19)10-11(14-8-15(10)2)16(3)13(17)20/h8-10,18H,4-7H2,1-3H3/q+1. The smallest absolute Gasteiger partial charge is 0.333 e. The van der Waals surface area contributed by atoms with Gasteiger partial charge in [0.25, 0.3) is 24.1 Å². The number of hydrogen-bond donors (Lipinski definition) is 1. The molecule has 2 rings (SSSR count). The summed E-state index contributed by atoms with van der Waals surface area (Å²) in [5.41, 5.74) is 0. The van der Waals surface area contributed by atoms with Crippen molar-refractivity contribution in [2.75, 3.05) is 20.6 Å². The van der Waals surface area contributed by atoms with E-state index in [1.54, 1.807) is 31.9 Å². The van der Waals surface area contributed by atoms with Gasteiger partial charge in [-0.2, -0.15) is 0 Å². The Kier molecular flexibility index (Phi) is 4.17. The molecule has 7 nitrogen and oxygen atoms in total. The third-order valence-corrected chi connectivity index (χ3v) is 3.64. The zero-order chi connectivity index (χ0) is 14.9. The number of rotatable bonds is 5. The summed E-state index contributed by atoms with van der Waals surface area (Å²) in [6, 6.07) is -0.819. The number of aliphatic imine (C=N–C) groups is 1. The first kappa shape index (κ1) is 14.6. The van der Waals surface area contributed by atoms with Gasteiger partial charge in [0.1, 0.15) is 0 Å². The monoisotopic (exact) mass is 281 g/mol. The summed E-state index contributed by atoms with van der Waals surface area (Å²) in [6.45, 7) is 2.11. The van der Waals surface area contributed by atoms with Crippen molar-refractivity contribution in [3.63, 3.8) is 0 Å². The highest BCUT2D eigenvalue weighted by molar-refractivity contribution is 6.21. The highest BCUT2D eigenvalue weighted by Gasteiger charge is 2.50. The molecule has 2 atom stereocenters. The summed E-state index contributed by atoms with van der Waals surface area (Å²) in [5, 5.41) is 9.21. The van der Waals surface area contributed by atoms with Crippen LogP contribution in [0, 0.1) is 0 Å². The van der Waals surface area contributed by atoms with Gasteiger partial charge in [-0.15, -0.1) is 0 Å². The number of amidine groups is 1. The normalized spacial score (nSPS) is 23.7. The van der Waals surface area contributed by atoms with E-state index < -0.39 is 6.04 Å². The summed E-state index contributed by atoms with van der Waals surface area (Å²) in [5.74, 6) is 0.267. The second-order valence-corrected chi connectivity index (χ2v) is 5.35. The summed E-state index contributed by atoms with van der Waals surface area (Å²) >= 11 is 0. The topological polar surface area (TPSA) is 76.2 Å². The van der Waals surface area contributed by atoms with Crippen LogP contribution < -0.4 is 0 Å². The van der Waals surface area contributed by atoms with Gasteiger partial charge in [0, 0.05) is 13.6 Å². The number of carbonyl (C=O) groups excluding carboxylic acids is 2. The van der Waals surface area contributed by atoms with Crippen molar-refractivity contribution in [3.8, 4) is 0 Å². The molecule has 0 radical (unpaired) electrons. The number of amides is 3. The van der Waals surface area contributed by atoms with Crippen LogP contribution in [0.2, 0.25) is 0 Å². The number of carbonyl (C=O) groups is 2. The van der Waals surface area contributed by atoms with Crippen molar-refractivity contribution in [3.05, 3.63) is 0 Å². The summed E-state index contributed by atoms with van der Waals surface area (Å²) in [4.78, 5) is 31.4. The molecule has 0 aromatic heterocycles. The van der Waals surface area contributed by atoms with Gasteiger partial charge in [-0.25, -0.2) is 9.37 Å². The number of urea groups is 1. The number of imide groups is 1. The number of unbranched alkanes of at least 4 members (excludes halogenated alkanes) is 1. The van der Waals surface area contributed by atoms with Crippen molar-refractivity contribution in [2.24, 2.45) is 4.99 Å².